The Morgan fingerprint density at radius 2 is 1.66 bits per heavy atom. The monoisotopic (exact) mass is 394 g/mol. The zero-order valence-corrected chi connectivity index (χ0v) is 16.6. The number of hydrogen-bond donors (Lipinski definition) is 1. The van der Waals surface area contributed by atoms with E-state index in [1.54, 1.807) is 11.8 Å². The van der Waals surface area contributed by atoms with Crippen molar-refractivity contribution in [1.82, 2.24) is 9.80 Å². The van der Waals surface area contributed by atoms with Crippen molar-refractivity contribution in [3.63, 3.8) is 0 Å². The Labute approximate surface area is 170 Å². The maximum atomic E-state index is 13.1. The second-order valence-electron chi connectivity index (χ2n) is 8.47. The van der Waals surface area contributed by atoms with E-state index in [-0.39, 0.29) is 24.3 Å². The maximum absolute atomic E-state index is 13.1. The van der Waals surface area contributed by atoms with Crippen LogP contribution in [0.2, 0.25) is 0 Å². The van der Waals surface area contributed by atoms with E-state index >= 15 is 0 Å². The third-order valence-electron chi connectivity index (χ3n) is 6.45. The molecule has 6 heteroatoms. The molecule has 2 aliphatic heterocycles. The summed E-state index contributed by atoms with van der Waals surface area (Å²) in [6.07, 6.45) is 1.73. The number of carboxylic acids is 1. The molecular weight excluding hydrogens is 368 g/mol. The molecule has 0 radical (unpaired) electrons. The number of carbonyl (C=O) groups excluding carboxylic acids is 2. The van der Waals surface area contributed by atoms with Crippen LogP contribution in [0.5, 0.6) is 0 Å². The minimum atomic E-state index is -0.847. The molecule has 0 aliphatic carbocycles. The highest BCUT2D eigenvalue weighted by atomic mass is 16.4. The smallest absolute Gasteiger partial charge is 0.311 e. The molecule has 29 heavy (non-hydrogen) atoms. The largest absolute Gasteiger partial charge is 0.481 e. The molecule has 2 amide bonds. The lowest BCUT2D eigenvalue weighted by atomic mass is 9.90. The van der Waals surface area contributed by atoms with E-state index in [2.05, 4.69) is 0 Å². The summed E-state index contributed by atoms with van der Waals surface area (Å²) in [5.74, 6) is -0.939. The molecule has 1 atom stereocenters. The van der Waals surface area contributed by atoms with Crippen molar-refractivity contribution in [2.24, 2.45) is 11.3 Å². The average molecular weight is 394 g/mol. The van der Waals surface area contributed by atoms with Crippen LogP contribution < -0.4 is 0 Å². The molecule has 1 N–H and O–H groups in total. The second kappa shape index (κ2) is 7.50. The Balaban J connectivity index is 1.40. The molecule has 2 aromatic carbocycles. The fourth-order valence-electron chi connectivity index (χ4n) is 4.49. The van der Waals surface area contributed by atoms with Crippen LogP contribution in [-0.2, 0) is 9.59 Å². The topological polar surface area (TPSA) is 77.9 Å². The maximum Gasteiger partial charge on any atom is 0.311 e. The predicted octanol–water partition coefficient (Wildman–Crippen LogP) is 3.02. The van der Waals surface area contributed by atoms with Gasteiger partial charge in [0.2, 0.25) is 5.91 Å². The Morgan fingerprint density at radius 1 is 0.966 bits per heavy atom. The molecule has 0 bridgehead atoms. The highest BCUT2D eigenvalue weighted by Gasteiger charge is 2.43. The Morgan fingerprint density at radius 3 is 2.34 bits per heavy atom. The van der Waals surface area contributed by atoms with Gasteiger partial charge in [-0.1, -0.05) is 36.4 Å². The highest BCUT2D eigenvalue weighted by molar-refractivity contribution is 6.07. The van der Waals surface area contributed by atoms with Gasteiger partial charge in [-0.3, -0.25) is 14.4 Å². The second-order valence-corrected chi connectivity index (χ2v) is 8.47. The van der Waals surface area contributed by atoms with Crippen LogP contribution in [0.3, 0.4) is 0 Å². The predicted molar refractivity (Wildman–Crippen MR) is 110 cm³/mol. The van der Waals surface area contributed by atoms with Crippen LogP contribution in [0.15, 0.2) is 42.5 Å². The van der Waals surface area contributed by atoms with Crippen LogP contribution in [0.25, 0.3) is 10.8 Å². The van der Waals surface area contributed by atoms with E-state index in [1.807, 2.05) is 47.4 Å². The summed E-state index contributed by atoms with van der Waals surface area (Å²) in [5.41, 5.74) is -0.148. The number of aliphatic carboxylic acids is 1. The highest BCUT2D eigenvalue weighted by Crippen LogP contribution is 2.32. The van der Waals surface area contributed by atoms with Gasteiger partial charge in [0.1, 0.15) is 0 Å². The number of amides is 2. The van der Waals surface area contributed by atoms with Crippen molar-refractivity contribution in [2.45, 2.75) is 26.2 Å². The van der Waals surface area contributed by atoms with Gasteiger partial charge in [-0.25, -0.2) is 0 Å². The Hall–Kier alpha value is -2.89. The van der Waals surface area contributed by atoms with Crippen LogP contribution in [0.4, 0.5) is 0 Å². The molecule has 2 saturated heterocycles. The van der Waals surface area contributed by atoms with Gasteiger partial charge in [0.05, 0.1) is 5.41 Å². The normalized spacial score (nSPS) is 22.8. The number of carbonyl (C=O) groups is 3. The third-order valence-corrected chi connectivity index (χ3v) is 6.45. The number of piperidine rings is 1. The first kappa shape index (κ1) is 19.4. The molecular formula is C23H26N2O4. The first-order valence-electron chi connectivity index (χ1n) is 10.2. The number of fused-ring (bicyclic) bond motifs is 1. The first-order valence-corrected chi connectivity index (χ1v) is 10.2. The molecule has 2 fully saturated rings. The van der Waals surface area contributed by atoms with Crippen molar-refractivity contribution in [3.05, 3.63) is 48.0 Å². The fraction of sp³-hybridized carbons (Fsp3) is 0.435. The number of hydrogen-bond acceptors (Lipinski definition) is 3. The van der Waals surface area contributed by atoms with E-state index in [4.69, 9.17) is 0 Å². The lowest BCUT2D eigenvalue weighted by Crippen LogP contribution is -2.44. The van der Waals surface area contributed by atoms with Crippen LogP contribution in [-0.4, -0.2) is 58.9 Å². The zero-order chi connectivity index (χ0) is 20.6. The molecule has 1 unspecified atom stereocenters. The molecule has 152 valence electrons. The van der Waals surface area contributed by atoms with Crippen LogP contribution in [0.1, 0.15) is 36.5 Å². The van der Waals surface area contributed by atoms with Crippen molar-refractivity contribution in [1.29, 1.82) is 0 Å². The van der Waals surface area contributed by atoms with Gasteiger partial charge < -0.3 is 14.9 Å². The summed E-state index contributed by atoms with van der Waals surface area (Å²) >= 11 is 0. The van der Waals surface area contributed by atoms with Gasteiger partial charge >= 0.3 is 5.97 Å². The Kier molecular flexibility index (Phi) is 5.03. The minimum absolute atomic E-state index is 0.00678. The molecule has 0 aromatic heterocycles. The number of likely N-dealkylation sites (tertiary alicyclic amines) is 2. The molecule has 4 rings (SSSR count). The van der Waals surface area contributed by atoms with Gasteiger partial charge in [-0.05, 0) is 43.0 Å². The van der Waals surface area contributed by atoms with E-state index in [0.717, 1.165) is 10.8 Å². The SMILES string of the molecule is CC1(C(=O)O)CCN(C(=O)C2CCN(C(=O)c3cccc4ccccc34)CC2)C1. The van der Waals surface area contributed by atoms with E-state index < -0.39 is 11.4 Å². The van der Waals surface area contributed by atoms with E-state index in [1.165, 1.54) is 0 Å². The first-order chi connectivity index (χ1) is 13.9. The lowest BCUT2D eigenvalue weighted by Gasteiger charge is -2.33. The molecule has 0 spiro atoms. The van der Waals surface area contributed by atoms with Gasteiger partial charge in [0.15, 0.2) is 0 Å². The number of nitrogens with zero attached hydrogens (tertiary/aromatic N) is 2. The standard InChI is InChI=1S/C23H26N2O4/c1-23(22(28)29)11-14-25(15-23)20(26)17-9-12-24(13-10-17)21(27)19-8-4-6-16-5-2-3-7-18(16)19/h2-8,17H,9-15H2,1H3,(H,28,29). The Bertz CT molecular complexity index is 959. The lowest BCUT2D eigenvalue weighted by molar-refractivity contribution is -0.147. The molecule has 6 nitrogen and oxygen atoms in total. The molecule has 0 saturated carbocycles. The minimum Gasteiger partial charge on any atom is -0.481 e. The quantitative estimate of drug-likeness (QED) is 0.868. The average Bonchev–Trinajstić information content (AvgIpc) is 3.16. The van der Waals surface area contributed by atoms with Gasteiger partial charge in [0.25, 0.3) is 5.91 Å². The van der Waals surface area contributed by atoms with Gasteiger partial charge in [-0.15, -0.1) is 0 Å². The summed E-state index contributed by atoms with van der Waals surface area (Å²) < 4.78 is 0. The van der Waals surface area contributed by atoms with Crippen molar-refractivity contribution in [2.75, 3.05) is 26.2 Å². The molecule has 2 heterocycles. The molecule has 2 aliphatic rings. The third kappa shape index (κ3) is 3.59. The van der Waals surface area contributed by atoms with Crippen LogP contribution >= 0.6 is 0 Å². The van der Waals surface area contributed by atoms with Crippen molar-refractivity contribution >= 4 is 28.6 Å². The van der Waals surface area contributed by atoms with Gasteiger partial charge in [-0.2, -0.15) is 0 Å². The zero-order valence-electron chi connectivity index (χ0n) is 16.6. The number of benzene rings is 2. The van der Waals surface area contributed by atoms with Crippen molar-refractivity contribution < 1.29 is 19.5 Å². The van der Waals surface area contributed by atoms with Crippen LogP contribution in [0, 0.1) is 11.3 Å². The summed E-state index contributed by atoms with van der Waals surface area (Å²) in [6, 6.07) is 13.6. The molecule has 2 aromatic rings. The summed E-state index contributed by atoms with van der Waals surface area (Å²) in [5, 5.41) is 11.4. The van der Waals surface area contributed by atoms with Gasteiger partial charge in [0, 0.05) is 37.7 Å². The van der Waals surface area contributed by atoms with E-state index in [9.17, 15) is 19.5 Å². The summed E-state index contributed by atoms with van der Waals surface area (Å²) in [6.45, 7) is 3.56. The van der Waals surface area contributed by atoms with Crippen molar-refractivity contribution in [3.8, 4) is 0 Å². The fourth-order valence-corrected chi connectivity index (χ4v) is 4.49. The summed E-state index contributed by atoms with van der Waals surface area (Å²) in [7, 11) is 0. The summed E-state index contributed by atoms with van der Waals surface area (Å²) in [4.78, 5) is 40.9. The van der Waals surface area contributed by atoms with E-state index in [0.29, 0.717) is 44.5 Å². The number of carboxylic acid groups (broad SMARTS) is 1. The number of rotatable bonds is 3.